The molecule has 1 aromatic rings. The number of carboxylic acids is 1. The topological polar surface area (TPSA) is 102 Å². The van der Waals surface area contributed by atoms with Gasteiger partial charge in [-0.2, -0.15) is 0 Å². The Balaban J connectivity index is 2.39. The first-order valence-electron chi connectivity index (χ1n) is 6.63. The Labute approximate surface area is 131 Å². The van der Waals surface area contributed by atoms with Gasteiger partial charge in [0.2, 0.25) is 0 Å². The average Bonchev–Trinajstić information content (AvgIpc) is 2.45. The fraction of sp³-hybridized carbons (Fsp3) is 0.429. The molecule has 0 spiro atoms. The number of halogens is 1. The summed E-state index contributed by atoms with van der Waals surface area (Å²) in [6.45, 7) is 0.592. The number of ether oxygens (including phenoxy) is 1. The van der Waals surface area contributed by atoms with Gasteiger partial charge in [0, 0.05) is 4.47 Å². The fourth-order valence-electron chi connectivity index (χ4n) is 1.66. The van der Waals surface area contributed by atoms with Crippen LogP contribution in [0.3, 0.4) is 0 Å². The predicted octanol–water partition coefficient (Wildman–Crippen LogP) is 2.26. The van der Waals surface area contributed by atoms with E-state index in [-0.39, 0.29) is 6.61 Å². The van der Waals surface area contributed by atoms with Crippen LogP contribution >= 0.6 is 15.9 Å². The fourth-order valence-corrected chi connectivity index (χ4v) is 1.93. The van der Waals surface area contributed by atoms with Crippen LogP contribution in [0, 0.1) is 0 Å². The molecule has 0 saturated carbocycles. The highest BCUT2D eigenvalue weighted by molar-refractivity contribution is 9.10. The Bertz CT molecular complexity index is 465. The van der Waals surface area contributed by atoms with Crippen LogP contribution in [0.1, 0.15) is 24.8 Å². The zero-order valence-corrected chi connectivity index (χ0v) is 13.1. The SMILES string of the molecule is NCCCCC(NC(=O)OCc1ccc(Br)cc1)C(=O)O. The second kappa shape index (κ2) is 9.36. The van der Waals surface area contributed by atoms with Gasteiger partial charge in [0.25, 0.3) is 0 Å². The van der Waals surface area contributed by atoms with Gasteiger partial charge >= 0.3 is 12.1 Å². The van der Waals surface area contributed by atoms with Gasteiger partial charge in [0.1, 0.15) is 12.6 Å². The molecule has 0 aliphatic rings. The summed E-state index contributed by atoms with van der Waals surface area (Å²) in [5.74, 6) is -1.08. The number of unbranched alkanes of at least 4 members (excludes halogenated alkanes) is 1. The van der Waals surface area contributed by atoms with Gasteiger partial charge in [-0.1, -0.05) is 28.1 Å². The lowest BCUT2D eigenvalue weighted by atomic mass is 10.1. The van der Waals surface area contributed by atoms with Gasteiger partial charge in [-0.05, 0) is 43.5 Å². The monoisotopic (exact) mass is 358 g/mol. The zero-order chi connectivity index (χ0) is 15.7. The van der Waals surface area contributed by atoms with E-state index in [1.165, 1.54) is 0 Å². The summed E-state index contributed by atoms with van der Waals surface area (Å²) in [5, 5.41) is 11.4. The Hall–Kier alpha value is -1.60. The van der Waals surface area contributed by atoms with Crippen molar-refractivity contribution in [3.63, 3.8) is 0 Å². The molecule has 1 aromatic carbocycles. The molecule has 0 aromatic heterocycles. The van der Waals surface area contributed by atoms with E-state index in [4.69, 9.17) is 15.6 Å². The highest BCUT2D eigenvalue weighted by Crippen LogP contribution is 2.11. The first-order valence-corrected chi connectivity index (χ1v) is 7.43. The maximum atomic E-state index is 11.6. The molecular weight excluding hydrogens is 340 g/mol. The molecule has 0 radical (unpaired) electrons. The third-order valence-electron chi connectivity index (χ3n) is 2.82. The summed E-state index contributed by atoms with van der Waals surface area (Å²) in [6, 6.07) is 6.35. The Kier molecular flexibility index (Phi) is 7.78. The lowest BCUT2D eigenvalue weighted by Crippen LogP contribution is -2.41. The number of nitrogens with two attached hydrogens (primary N) is 1. The Morgan fingerprint density at radius 2 is 1.95 bits per heavy atom. The number of carbonyl (C=O) groups is 2. The lowest BCUT2D eigenvalue weighted by Gasteiger charge is -2.14. The van der Waals surface area contributed by atoms with Gasteiger partial charge in [-0.15, -0.1) is 0 Å². The minimum absolute atomic E-state index is 0.0915. The first-order chi connectivity index (χ1) is 10.0. The Morgan fingerprint density at radius 3 is 2.52 bits per heavy atom. The molecule has 21 heavy (non-hydrogen) atoms. The van der Waals surface area contributed by atoms with Crippen LogP contribution in [0.5, 0.6) is 0 Å². The van der Waals surface area contributed by atoms with Crippen LogP contribution in [-0.2, 0) is 16.1 Å². The number of alkyl carbamates (subject to hydrolysis) is 1. The predicted molar refractivity (Wildman–Crippen MR) is 81.8 cm³/mol. The molecule has 0 bridgehead atoms. The maximum Gasteiger partial charge on any atom is 0.408 e. The van der Waals surface area contributed by atoms with Gasteiger partial charge in [-0.3, -0.25) is 0 Å². The van der Waals surface area contributed by atoms with E-state index in [1.807, 2.05) is 24.3 Å². The maximum absolute atomic E-state index is 11.6. The zero-order valence-electron chi connectivity index (χ0n) is 11.5. The highest BCUT2D eigenvalue weighted by Gasteiger charge is 2.19. The van der Waals surface area contributed by atoms with Crippen LogP contribution in [0.25, 0.3) is 0 Å². The Morgan fingerprint density at radius 1 is 1.29 bits per heavy atom. The van der Waals surface area contributed by atoms with Crippen LogP contribution in [0.2, 0.25) is 0 Å². The number of hydrogen-bond donors (Lipinski definition) is 3. The molecule has 1 atom stereocenters. The van der Waals surface area contributed by atoms with Crippen molar-refractivity contribution in [2.24, 2.45) is 5.73 Å². The van der Waals surface area contributed by atoms with Gasteiger partial charge in [0.15, 0.2) is 0 Å². The first kappa shape index (κ1) is 17.5. The number of carbonyl (C=O) groups excluding carboxylic acids is 1. The van der Waals surface area contributed by atoms with E-state index in [0.29, 0.717) is 19.4 Å². The van der Waals surface area contributed by atoms with Crippen molar-refractivity contribution in [1.82, 2.24) is 5.32 Å². The van der Waals surface area contributed by atoms with Gasteiger partial charge < -0.3 is 20.9 Å². The minimum Gasteiger partial charge on any atom is -0.480 e. The molecule has 116 valence electrons. The van der Waals surface area contributed by atoms with Crippen molar-refractivity contribution in [1.29, 1.82) is 0 Å². The van der Waals surface area contributed by atoms with Gasteiger partial charge in [-0.25, -0.2) is 9.59 Å². The summed E-state index contributed by atoms with van der Waals surface area (Å²) in [4.78, 5) is 22.6. The molecule has 6 nitrogen and oxygen atoms in total. The molecular formula is C14H19BrN2O4. The summed E-state index contributed by atoms with van der Waals surface area (Å²) in [5.41, 5.74) is 6.17. The third kappa shape index (κ3) is 7.10. The number of aliphatic carboxylic acids is 1. The molecule has 4 N–H and O–H groups in total. The van der Waals surface area contributed by atoms with E-state index < -0.39 is 18.1 Å². The second-order valence-corrected chi connectivity index (χ2v) is 5.44. The number of benzene rings is 1. The van der Waals surface area contributed by atoms with E-state index in [2.05, 4.69) is 21.2 Å². The second-order valence-electron chi connectivity index (χ2n) is 4.52. The highest BCUT2D eigenvalue weighted by atomic mass is 79.9. The summed E-state index contributed by atoms with van der Waals surface area (Å²) in [7, 11) is 0. The third-order valence-corrected chi connectivity index (χ3v) is 3.35. The van der Waals surface area contributed by atoms with Crippen molar-refractivity contribution < 1.29 is 19.4 Å². The van der Waals surface area contributed by atoms with Crippen molar-refractivity contribution >= 4 is 28.0 Å². The molecule has 0 heterocycles. The largest absolute Gasteiger partial charge is 0.480 e. The molecule has 0 aliphatic heterocycles. The van der Waals surface area contributed by atoms with Crippen molar-refractivity contribution in [3.8, 4) is 0 Å². The molecule has 0 fully saturated rings. The van der Waals surface area contributed by atoms with Crippen LogP contribution in [0.4, 0.5) is 4.79 Å². The molecule has 7 heteroatoms. The molecule has 0 saturated heterocycles. The smallest absolute Gasteiger partial charge is 0.408 e. The van der Waals surface area contributed by atoms with Crippen LogP contribution in [0.15, 0.2) is 28.7 Å². The quantitative estimate of drug-likeness (QED) is 0.618. The van der Waals surface area contributed by atoms with Crippen LogP contribution in [-0.4, -0.2) is 29.8 Å². The van der Waals surface area contributed by atoms with E-state index in [1.54, 1.807) is 0 Å². The van der Waals surface area contributed by atoms with Crippen LogP contribution < -0.4 is 11.1 Å². The number of rotatable bonds is 8. The standard InChI is InChI=1S/C14H19BrN2O4/c15-11-6-4-10(5-7-11)9-21-14(20)17-12(13(18)19)3-1-2-8-16/h4-7,12H,1-3,8-9,16H2,(H,17,20)(H,18,19). The average molecular weight is 359 g/mol. The number of hydrogen-bond acceptors (Lipinski definition) is 4. The summed E-state index contributed by atoms with van der Waals surface area (Å²) >= 11 is 3.31. The van der Waals surface area contributed by atoms with Crippen molar-refractivity contribution in [2.75, 3.05) is 6.54 Å². The van der Waals surface area contributed by atoms with Gasteiger partial charge in [0.05, 0.1) is 0 Å². The normalized spacial score (nSPS) is 11.7. The molecule has 0 aliphatic carbocycles. The molecule has 1 unspecified atom stereocenters. The molecule has 1 rings (SSSR count). The minimum atomic E-state index is -1.08. The number of carboxylic acid groups (broad SMARTS) is 1. The van der Waals surface area contributed by atoms with Crippen molar-refractivity contribution in [3.05, 3.63) is 34.3 Å². The van der Waals surface area contributed by atoms with Crippen molar-refractivity contribution in [2.45, 2.75) is 31.9 Å². The molecule has 1 amide bonds. The number of amides is 1. The van der Waals surface area contributed by atoms with E-state index >= 15 is 0 Å². The summed E-state index contributed by atoms with van der Waals surface area (Å²) < 4.78 is 5.93. The summed E-state index contributed by atoms with van der Waals surface area (Å²) in [6.07, 6.45) is 0.956. The van der Waals surface area contributed by atoms with E-state index in [9.17, 15) is 9.59 Å². The lowest BCUT2D eigenvalue weighted by molar-refractivity contribution is -0.139. The number of nitrogens with one attached hydrogen (secondary N) is 1. The van der Waals surface area contributed by atoms with E-state index in [0.717, 1.165) is 16.5 Å².